The number of esters is 1. The van der Waals surface area contributed by atoms with Crippen LogP contribution in [0, 0.1) is 25.7 Å². The van der Waals surface area contributed by atoms with Crippen molar-refractivity contribution in [3.63, 3.8) is 0 Å². The lowest BCUT2D eigenvalue weighted by atomic mass is 9.95. The smallest absolute Gasteiger partial charge is 0.309 e. The van der Waals surface area contributed by atoms with Crippen molar-refractivity contribution in [3.8, 4) is 11.5 Å². The molecule has 7 rings (SSSR count). The number of imidazole rings is 2. The summed E-state index contributed by atoms with van der Waals surface area (Å²) in [6.07, 6.45) is 4.62. The number of oxazole rings is 2. The highest BCUT2D eigenvalue weighted by Crippen LogP contribution is 2.34. The number of nitrogens with zero attached hydrogens (tertiary/aromatic N) is 7. The maximum atomic E-state index is 13.9. The zero-order valence-electron chi connectivity index (χ0n) is 47.2. The summed E-state index contributed by atoms with van der Waals surface area (Å²) in [4.78, 5) is 158. The van der Waals surface area contributed by atoms with E-state index in [1.807, 2.05) is 6.92 Å². The normalized spacial score (nSPS) is 12.9. The number of hydrogen-bond acceptors (Lipinski definition) is 20. The van der Waals surface area contributed by atoms with Gasteiger partial charge in [0.05, 0.1) is 61.8 Å². The Morgan fingerprint density at radius 3 is 1.73 bits per heavy atom. The van der Waals surface area contributed by atoms with Gasteiger partial charge in [0.2, 0.25) is 41.1 Å². The average Bonchev–Trinajstić information content (AvgIpc) is 1.87. The van der Waals surface area contributed by atoms with Gasteiger partial charge in [0.1, 0.15) is 22.5 Å². The molecule has 85 heavy (non-hydrogen) atoms. The highest BCUT2D eigenvalue weighted by Gasteiger charge is 2.31. The molecule has 5 heterocycles. The van der Waals surface area contributed by atoms with E-state index in [0.717, 1.165) is 12.2 Å². The number of imide groups is 1. The molecule has 0 aliphatic carbocycles. The van der Waals surface area contributed by atoms with Crippen LogP contribution in [-0.4, -0.2) is 137 Å². The zero-order chi connectivity index (χ0) is 61.8. The molecule has 0 fully saturated rings. The Morgan fingerprint density at radius 2 is 1.24 bits per heavy atom. The monoisotopic (exact) mass is 1170 g/mol. The van der Waals surface area contributed by atoms with Gasteiger partial charge in [-0.25, -0.2) is 19.9 Å². The van der Waals surface area contributed by atoms with E-state index in [1.165, 1.54) is 38.3 Å². The number of hydrogen-bond donors (Lipinski definition) is 6. The summed E-state index contributed by atoms with van der Waals surface area (Å²) in [5, 5.41) is 17.2. The first-order chi connectivity index (χ1) is 40.5. The molecule has 1 aliphatic heterocycles. The Morgan fingerprint density at radius 1 is 0.718 bits per heavy atom. The van der Waals surface area contributed by atoms with Crippen LogP contribution >= 0.6 is 0 Å². The van der Waals surface area contributed by atoms with Crippen LogP contribution in [0.4, 0.5) is 11.9 Å². The van der Waals surface area contributed by atoms with E-state index in [-0.39, 0.29) is 120 Å². The first-order valence-electron chi connectivity index (χ1n) is 26.8. The Kier molecular flexibility index (Phi) is 20.2. The molecular weight excluding hydrogens is 1110 g/mol. The molecule has 2 aromatic carbocycles. The number of carbonyl (C=O) groups is 11. The number of aryl methyl sites for hydroxylation is 4. The first kappa shape index (κ1) is 62.3. The third-order valence-electron chi connectivity index (χ3n) is 13.3. The van der Waals surface area contributed by atoms with Crippen LogP contribution in [-0.2, 0) is 64.2 Å². The minimum Gasteiger partial charge on any atom is -0.494 e. The number of benzene rings is 2. The average molecular weight is 1180 g/mol. The Balaban J connectivity index is 1.06. The van der Waals surface area contributed by atoms with Gasteiger partial charge in [-0.2, -0.15) is 0 Å². The number of nitrogens with one attached hydrogen (secondary N) is 3. The maximum Gasteiger partial charge on any atom is 0.309 e. The van der Waals surface area contributed by atoms with Crippen molar-refractivity contribution in [2.45, 2.75) is 92.7 Å². The lowest BCUT2D eigenvalue weighted by Gasteiger charge is -2.18. The number of allylic oxidation sites excluding steroid dienone is 2. The molecule has 4 aromatic heterocycles. The van der Waals surface area contributed by atoms with Gasteiger partial charge in [0.25, 0.3) is 23.6 Å². The lowest BCUT2D eigenvalue weighted by Crippen LogP contribution is -2.39. The summed E-state index contributed by atoms with van der Waals surface area (Å²) in [6, 6.07) is 5.69. The number of fused-ring (bicyclic) bond motifs is 2. The minimum absolute atomic E-state index is 0.00250. The van der Waals surface area contributed by atoms with Gasteiger partial charge in [-0.05, 0) is 43.5 Å². The fourth-order valence-electron chi connectivity index (χ4n) is 9.12. The molecule has 29 nitrogen and oxygen atoms in total. The van der Waals surface area contributed by atoms with Crippen molar-refractivity contribution in [2.75, 3.05) is 44.0 Å². The molecule has 29 heteroatoms. The molecule has 0 saturated heterocycles. The van der Waals surface area contributed by atoms with E-state index < -0.39 is 103 Å². The molecule has 2 atom stereocenters. The molecular formula is C56H62N12O17. The van der Waals surface area contributed by atoms with Crippen LogP contribution in [0.2, 0.25) is 0 Å². The van der Waals surface area contributed by atoms with E-state index in [9.17, 15) is 57.8 Å². The van der Waals surface area contributed by atoms with Crippen LogP contribution < -0.4 is 36.9 Å². The van der Waals surface area contributed by atoms with Crippen molar-refractivity contribution in [1.82, 2.24) is 39.3 Å². The quantitative estimate of drug-likeness (QED) is 0.0157. The summed E-state index contributed by atoms with van der Waals surface area (Å²) in [5.74, 6) is -9.77. The standard InChI is InChI=1S/C56H62N12O17/c1-7-36-47(84-29(4)60-36)52(78)64-55-62-38-22-32(49(57)75)24-40(81-6)45(38)66(55)16-9-10-17-67-46-39(63-56(67)65-53(79)48-37(8-2)61-30(5)85-48)23-33(50(58)76)25-41(46)82-18-11-19-83-54(80)28(3)20-34(69)26-59-51(77)31(12-15-44(73)74)21-35(70)27-68-42(71)13-14-43(68)72/h9-10,13-14,22-25,28,31H,7-8,11-12,15-21,26-27H2,1-6H3,(H2,57,75)(H2,58,76)(H,59,77)(H,73,74)(H,62,64,78)(H,63,65,79)/b10-9+/t28-,31+/m1/s1. The highest BCUT2D eigenvalue weighted by atomic mass is 16.5. The second-order valence-electron chi connectivity index (χ2n) is 19.5. The fraction of sp³-hybridized carbons (Fsp3) is 0.375. The summed E-state index contributed by atoms with van der Waals surface area (Å²) in [5.41, 5.74) is 13.4. The van der Waals surface area contributed by atoms with Gasteiger partial charge in [-0.15, -0.1) is 0 Å². The lowest BCUT2D eigenvalue weighted by molar-refractivity contribution is -0.149. The van der Waals surface area contributed by atoms with Crippen LogP contribution in [0.25, 0.3) is 22.1 Å². The summed E-state index contributed by atoms with van der Waals surface area (Å²) >= 11 is 0. The van der Waals surface area contributed by atoms with E-state index in [4.69, 9.17) is 34.5 Å². The van der Waals surface area contributed by atoms with Crippen LogP contribution in [0.5, 0.6) is 11.5 Å². The summed E-state index contributed by atoms with van der Waals surface area (Å²) in [7, 11) is 1.39. The van der Waals surface area contributed by atoms with Crippen LogP contribution in [0.3, 0.4) is 0 Å². The van der Waals surface area contributed by atoms with Crippen molar-refractivity contribution in [3.05, 3.63) is 94.4 Å². The van der Waals surface area contributed by atoms with Crippen molar-refractivity contribution < 1.29 is 80.9 Å². The number of aromatic nitrogens is 6. The number of primary amides is 2. The maximum absolute atomic E-state index is 13.9. The molecule has 0 radical (unpaired) electrons. The third kappa shape index (κ3) is 15.2. The fourth-order valence-corrected chi connectivity index (χ4v) is 9.12. The number of aliphatic carboxylic acids is 1. The van der Waals surface area contributed by atoms with Gasteiger partial charge in [-0.1, -0.05) is 32.9 Å². The number of nitrogens with two attached hydrogens (primary N) is 2. The number of methoxy groups -OCH3 is 1. The predicted molar refractivity (Wildman–Crippen MR) is 298 cm³/mol. The van der Waals surface area contributed by atoms with E-state index >= 15 is 0 Å². The van der Waals surface area contributed by atoms with Gasteiger partial charge in [0, 0.05) is 81.8 Å². The number of amides is 7. The van der Waals surface area contributed by atoms with Crippen molar-refractivity contribution in [1.29, 1.82) is 0 Å². The SMILES string of the molecule is CCc1nc(C)oc1C(=O)Nc1nc2cc(C(N)=O)cc(OC)c2n1C/C=C/Cn1c(NC(=O)c2oc(C)nc2CC)nc2cc(C(N)=O)cc(OCCCOC(=O)[C@H](C)CC(=O)CNC(=O)[C@@H](CCC(=O)O)CC(=O)CN3C(=O)C=CC3=O)c21. The number of carboxylic acids is 1. The van der Waals surface area contributed by atoms with E-state index in [0.29, 0.717) is 34.6 Å². The Hall–Kier alpha value is -10.4. The molecule has 448 valence electrons. The second kappa shape index (κ2) is 27.6. The van der Waals surface area contributed by atoms with Crippen molar-refractivity contribution >= 4 is 98.8 Å². The number of Topliss-reactive ketones (excluding diaryl/α,β-unsaturated/α-hetero) is 2. The second-order valence-corrected chi connectivity index (χ2v) is 19.5. The van der Waals surface area contributed by atoms with Gasteiger partial charge in [0.15, 0.2) is 23.3 Å². The molecule has 7 amide bonds. The molecule has 0 saturated carbocycles. The first-order valence-corrected chi connectivity index (χ1v) is 26.8. The summed E-state index contributed by atoms with van der Waals surface area (Å²) in [6.45, 7) is 6.74. The molecule has 0 spiro atoms. The zero-order valence-corrected chi connectivity index (χ0v) is 47.2. The minimum atomic E-state index is -1.24. The number of carbonyl (C=O) groups excluding carboxylic acids is 10. The van der Waals surface area contributed by atoms with Crippen LogP contribution in [0.1, 0.15) is 118 Å². The number of ether oxygens (including phenoxy) is 3. The van der Waals surface area contributed by atoms with Crippen molar-refractivity contribution in [2.24, 2.45) is 23.3 Å². The largest absolute Gasteiger partial charge is 0.494 e. The number of rotatable bonds is 31. The number of carboxylic acid groups (broad SMARTS) is 1. The Bertz CT molecular complexity index is 3700. The Labute approximate surface area is 483 Å². The van der Waals surface area contributed by atoms with Crippen LogP contribution in [0.15, 0.2) is 57.4 Å². The molecule has 0 unspecified atom stereocenters. The third-order valence-corrected chi connectivity index (χ3v) is 13.3. The summed E-state index contributed by atoms with van der Waals surface area (Å²) < 4.78 is 31.9. The molecule has 6 aromatic rings. The topological polar surface area (TPSA) is 415 Å². The van der Waals surface area contributed by atoms with Gasteiger partial charge < -0.3 is 54.1 Å². The highest BCUT2D eigenvalue weighted by molar-refractivity contribution is 6.14. The molecule has 8 N–H and O–H groups in total. The van der Waals surface area contributed by atoms with E-state index in [2.05, 4.69) is 35.9 Å². The predicted octanol–water partition coefficient (Wildman–Crippen LogP) is 3.46. The number of ketones is 2. The van der Waals surface area contributed by atoms with E-state index in [1.54, 1.807) is 42.1 Å². The molecule has 1 aliphatic rings. The number of anilines is 2. The van der Waals surface area contributed by atoms with Gasteiger partial charge in [-0.3, -0.25) is 68.3 Å². The molecule has 0 bridgehead atoms. The van der Waals surface area contributed by atoms with Gasteiger partial charge >= 0.3 is 11.9 Å².